The van der Waals surface area contributed by atoms with E-state index in [9.17, 15) is 18.5 Å². The Balaban J connectivity index is 3.59. The molecular weight excluding hydrogens is 326 g/mol. The third-order valence-electron chi connectivity index (χ3n) is 1.69. The van der Waals surface area contributed by atoms with Crippen molar-refractivity contribution in [3.05, 3.63) is 26.7 Å². The molecule has 0 bridgehead atoms. The summed E-state index contributed by atoms with van der Waals surface area (Å²) in [7, 11) is 2.31. The van der Waals surface area contributed by atoms with E-state index in [1.54, 1.807) is 0 Å². The second kappa shape index (κ2) is 4.56. The Kier molecular flexibility index (Phi) is 3.76. The lowest BCUT2D eigenvalue weighted by Gasteiger charge is -2.05. The predicted molar refractivity (Wildman–Crippen MR) is 60.4 cm³/mol. The third kappa shape index (κ3) is 2.63. The smallest absolute Gasteiger partial charge is 0.288 e. The zero-order valence-electron chi connectivity index (χ0n) is 7.81. The second-order valence-corrected chi connectivity index (χ2v) is 6.01. The van der Waals surface area contributed by atoms with E-state index in [4.69, 9.17) is 15.4 Å². The van der Waals surface area contributed by atoms with Gasteiger partial charge in [0.05, 0.1) is 16.9 Å². The predicted octanol–water partition coefficient (Wildman–Crippen LogP) is 2.29. The number of hydrogen-bond donors (Lipinski definition) is 0. The zero-order valence-corrected chi connectivity index (χ0v) is 11.0. The molecule has 6 nitrogen and oxygen atoms in total. The van der Waals surface area contributed by atoms with E-state index < -0.39 is 19.7 Å². The number of nitro groups is 1. The average molecular weight is 331 g/mol. The van der Waals surface area contributed by atoms with Crippen molar-refractivity contribution < 1.29 is 18.1 Å². The first kappa shape index (κ1) is 13.2. The summed E-state index contributed by atoms with van der Waals surface area (Å²) >= 11 is 2.94. The number of benzene rings is 1. The van der Waals surface area contributed by atoms with Crippen LogP contribution in [0.25, 0.3) is 0 Å². The van der Waals surface area contributed by atoms with Gasteiger partial charge in [0.1, 0.15) is 10.2 Å². The molecule has 0 N–H and O–H groups in total. The van der Waals surface area contributed by atoms with E-state index >= 15 is 0 Å². The lowest BCUT2D eigenvalue weighted by atomic mass is 10.3. The Bertz CT molecular complexity index is 544. The van der Waals surface area contributed by atoms with Crippen molar-refractivity contribution >= 4 is 41.4 Å². The Morgan fingerprint density at radius 3 is 2.44 bits per heavy atom. The van der Waals surface area contributed by atoms with E-state index in [2.05, 4.69) is 15.9 Å². The summed E-state index contributed by atoms with van der Waals surface area (Å²) in [4.78, 5) is 9.53. The third-order valence-corrected chi connectivity index (χ3v) is 3.82. The van der Waals surface area contributed by atoms with E-state index in [1.807, 2.05) is 0 Å². The summed E-state index contributed by atoms with van der Waals surface area (Å²) in [6.07, 6.45) is 0. The highest BCUT2D eigenvalue weighted by molar-refractivity contribution is 9.10. The molecule has 0 aliphatic rings. The lowest BCUT2D eigenvalue weighted by molar-refractivity contribution is -0.385. The number of hydrogen-bond acceptors (Lipinski definition) is 5. The fourth-order valence-electron chi connectivity index (χ4n) is 0.981. The summed E-state index contributed by atoms with van der Waals surface area (Å²) in [5.74, 6) is 0.0217. The van der Waals surface area contributed by atoms with Crippen LogP contribution in [0.4, 0.5) is 5.69 Å². The van der Waals surface area contributed by atoms with Crippen molar-refractivity contribution in [3.8, 4) is 5.75 Å². The molecule has 1 aromatic rings. The van der Waals surface area contributed by atoms with Crippen LogP contribution in [0, 0.1) is 10.1 Å². The van der Waals surface area contributed by atoms with Gasteiger partial charge in [0.15, 0.2) is 0 Å². The molecule has 0 aliphatic heterocycles. The van der Waals surface area contributed by atoms with E-state index in [0.29, 0.717) is 0 Å². The monoisotopic (exact) mass is 329 g/mol. The molecular formula is C7H5BrClNO5S. The van der Waals surface area contributed by atoms with Crippen LogP contribution < -0.4 is 4.74 Å². The molecule has 1 rings (SSSR count). The van der Waals surface area contributed by atoms with E-state index in [1.165, 1.54) is 7.11 Å². The Labute approximate surface area is 104 Å². The van der Waals surface area contributed by atoms with Gasteiger partial charge in [-0.3, -0.25) is 10.1 Å². The van der Waals surface area contributed by atoms with Gasteiger partial charge in [-0.25, -0.2) is 8.42 Å². The van der Waals surface area contributed by atoms with Crippen molar-refractivity contribution in [2.75, 3.05) is 7.11 Å². The normalized spacial score (nSPS) is 11.2. The van der Waals surface area contributed by atoms with Gasteiger partial charge in [0.25, 0.3) is 14.7 Å². The number of rotatable bonds is 3. The van der Waals surface area contributed by atoms with Crippen LogP contribution in [0.5, 0.6) is 5.75 Å². The number of nitrogens with zero attached hydrogens (tertiary/aromatic N) is 1. The highest BCUT2D eigenvalue weighted by Crippen LogP contribution is 2.37. The molecule has 0 aromatic heterocycles. The Morgan fingerprint density at radius 1 is 1.50 bits per heavy atom. The zero-order chi connectivity index (χ0) is 12.5. The molecule has 0 saturated heterocycles. The highest BCUT2D eigenvalue weighted by Gasteiger charge is 2.23. The SMILES string of the molecule is COc1cc(S(=O)(=O)Cl)cc([N+](=O)[O-])c1Br. The van der Waals surface area contributed by atoms with Crippen molar-refractivity contribution in [1.82, 2.24) is 0 Å². The quantitative estimate of drug-likeness (QED) is 0.482. The number of ether oxygens (including phenoxy) is 1. The van der Waals surface area contributed by atoms with Gasteiger partial charge in [-0.2, -0.15) is 0 Å². The van der Waals surface area contributed by atoms with Crippen LogP contribution in [-0.4, -0.2) is 20.5 Å². The van der Waals surface area contributed by atoms with Gasteiger partial charge < -0.3 is 4.74 Å². The second-order valence-electron chi connectivity index (χ2n) is 2.65. The number of halogens is 2. The largest absolute Gasteiger partial charge is 0.495 e. The average Bonchev–Trinajstić information content (AvgIpc) is 2.15. The van der Waals surface area contributed by atoms with Gasteiger partial charge in [-0.1, -0.05) is 0 Å². The molecule has 0 spiro atoms. The number of methoxy groups -OCH3 is 1. The van der Waals surface area contributed by atoms with Crippen molar-refractivity contribution in [2.45, 2.75) is 4.90 Å². The van der Waals surface area contributed by atoms with Crippen LogP contribution in [0.2, 0.25) is 0 Å². The van der Waals surface area contributed by atoms with Gasteiger partial charge in [-0.05, 0) is 15.9 Å². The van der Waals surface area contributed by atoms with Gasteiger partial charge in [-0.15, -0.1) is 0 Å². The van der Waals surface area contributed by atoms with Gasteiger partial charge in [0.2, 0.25) is 0 Å². The molecule has 88 valence electrons. The van der Waals surface area contributed by atoms with Crippen LogP contribution in [-0.2, 0) is 9.05 Å². The summed E-state index contributed by atoms with van der Waals surface area (Å²) in [5, 5.41) is 10.7. The van der Waals surface area contributed by atoms with Crippen LogP contribution in [0.1, 0.15) is 0 Å². The summed E-state index contributed by atoms with van der Waals surface area (Å²) < 4.78 is 27.0. The molecule has 0 radical (unpaired) electrons. The fourth-order valence-corrected chi connectivity index (χ4v) is 2.28. The maximum absolute atomic E-state index is 11.1. The Hall–Kier alpha value is -0.860. The van der Waals surface area contributed by atoms with E-state index in [0.717, 1.165) is 12.1 Å². The maximum atomic E-state index is 11.1. The van der Waals surface area contributed by atoms with Gasteiger partial charge in [0, 0.05) is 22.8 Å². The highest BCUT2D eigenvalue weighted by atomic mass is 79.9. The molecule has 0 atom stereocenters. The standard InChI is InChI=1S/C7H5BrClNO5S/c1-15-6-3-4(16(9,13)14)2-5(7(6)8)10(11)12/h2-3H,1H3. The van der Waals surface area contributed by atoms with Crippen molar-refractivity contribution in [2.24, 2.45) is 0 Å². The minimum absolute atomic E-state index is 0.0217. The van der Waals surface area contributed by atoms with Crippen LogP contribution >= 0.6 is 26.6 Å². The molecule has 16 heavy (non-hydrogen) atoms. The maximum Gasteiger partial charge on any atom is 0.288 e. The molecule has 0 aliphatic carbocycles. The minimum Gasteiger partial charge on any atom is -0.495 e. The molecule has 1 aromatic carbocycles. The van der Waals surface area contributed by atoms with Gasteiger partial charge >= 0.3 is 0 Å². The molecule has 0 unspecified atom stereocenters. The molecule has 0 heterocycles. The molecule has 9 heteroatoms. The summed E-state index contributed by atoms with van der Waals surface area (Å²) in [6.45, 7) is 0. The minimum atomic E-state index is -4.04. The Morgan fingerprint density at radius 2 is 2.06 bits per heavy atom. The summed E-state index contributed by atoms with van der Waals surface area (Å²) in [5.41, 5.74) is -0.432. The first-order chi connectivity index (χ1) is 7.27. The summed E-state index contributed by atoms with van der Waals surface area (Å²) in [6, 6.07) is 1.95. The molecule has 0 saturated carbocycles. The van der Waals surface area contributed by atoms with Crippen molar-refractivity contribution in [1.29, 1.82) is 0 Å². The first-order valence-corrected chi connectivity index (χ1v) is 6.84. The van der Waals surface area contributed by atoms with E-state index in [-0.39, 0.29) is 15.1 Å². The van der Waals surface area contributed by atoms with Crippen LogP contribution in [0.3, 0.4) is 0 Å². The molecule has 0 fully saturated rings. The van der Waals surface area contributed by atoms with Crippen molar-refractivity contribution in [3.63, 3.8) is 0 Å². The van der Waals surface area contributed by atoms with Crippen LogP contribution in [0.15, 0.2) is 21.5 Å². The fraction of sp³-hybridized carbons (Fsp3) is 0.143. The number of nitro benzene ring substituents is 1. The first-order valence-electron chi connectivity index (χ1n) is 3.74. The topological polar surface area (TPSA) is 86.5 Å². The lowest BCUT2D eigenvalue weighted by Crippen LogP contribution is -1.98. The molecule has 0 amide bonds.